The maximum absolute atomic E-state index is 15.3. The van der Waals surface area contributed by atoms with Crippen molar-refractivity contribution in [3.8, 4) is 5.75 Å². The summed E-state index contributed by atoms with van der Waals surface area (Å²) in [6, 6.07) is 6.25. The molecule has 0 saturated carbocycles. The fourth-order valence-electron chi connectivity index (χ4n) is 4.86. The molecule has 1 fully saturated rings. The Labute approximate surface area is 194 Å². The lowest BCUT2D eigenvalue weighted by Gasteiger charge is -2.36. The number of pyridine rings is 1. The SMILES string of the molecule is COC(=O)c1coc2c1c(C(c1ccncc1)N1CCCCC1)c(O)c1c(F)c(Cl)ccc12. The number of phenols is 1. The number of fused-ring (bicyclic) bond motifs is 3. The third-order valence-corrected chi connectivity index (χ3v) is 6.64. The normalized spacial score (nSPS) is 15.7. The number of aromatic nitrogens is 1. The van der Waals surface area contributed by atoms with Crippen molar-refractivity contribution >= 4 is 39.3 Å². The van der Waals surface area contributed by atoms with Crippen molar-refractivity contribution in [1.82, 2.24) is 9.88 Å². The predicted molar refractivity (Wildman–Crippen MR) is 123 cm³/mol. The van der Waals surface area contributed by atoms with Gasteiger partial charge in [-0.05, 0) is 55.8 Å². The maximum Gasteiger partial charge on any atom is 0.341 e. The van der Waals surface area contributed by atoms with Gasteiger partial charge in [-0.3, -0.25) is 9.88 Å². The van der Waals surface area contributed by atoms with Crippen LogP contribution in [-0.4, -0.2) is 41.2 Å². The Morgan fingerprint density at radius 1 is 1.18 bits per heavy atom. The van der Waals surface area contributed by atoms with Crippen molar-refractivity contribution in [2.75, 3.05) is 20.2 Å². The lowest BCUT2D eigenvalue weighted by molar-refractivity contribution is 0.0601. The van der Waals surface area contributed by atoms with Gasteiger partial charge < -0.3 is 14.3 Å². The van der Waals surface area contributed by atoms with E-state index in [1.807, 2.05) is 12.1 Å². The summed E-state index contributed by atoms with van der Waals surface area (Å²) >= 11 is 6.08. The molecule has 170 valence electrons. The Bertz CT molecular complexity index is 1350. The molecule has 0 spiro atoms. The molecule has 4 aromatic rings. The number of aromatic hydroxyl groups is 1. The van der Waals surface area contributed by atoms with E-state index >= 15 is 4.39 Å². The summed E-state index contributed by atoms with van der Waals surface area (Å²) in [6.45, 7) is 1.57. The van der Waals surface area contributed by atoms with Crippen molar-refractivity contribution in [1.29, 1.82) is 0 Å². The van der Waals surface area contributed by atoms with Gasteiger partial charge >= 0.3 is 5.97 Å². The number of hydrogen-bond donors (Lipinski definition) is 1. The Morgan fingerprint density at radius 3 is 2.61 bits per heavy atom. The summed E-state index contributed by atoms with van der Waals surface area (Å²) in [6.07, 6.45) is 7.75. The zero-order valence-electron chi connectivity index (χ0n) is 18.0. The van der Waals surface area contributed by atoms with E-state index in [1.165, 1.54) is 19.4 Å². The van der Waals surface area contributed by atoms with Crippen molar-refractivity contribution in [3.05, 3.63) is 70.5 Å². The van der Waals surface area contributed by atoms with Crippen LogP contribution in [0, 0.1) is 5.82 Å². The number of esters is 1. The number of carbonyl (C=O) groups excluding carboxylic acids is 1. The van der Waals surface area contributed by atoms with Crippen LogP contribution in [0.2, 0.25) is 5.02 Å². The average Bonchev–Trinajstić information content (AvgIpc) is 3.29. The molecule has 8 heteroatoms. The Kier molecular flexibility index (Phi) is 5.68. The molecule has 0 bridgehead atoms. The van der Waals surface area contributed by atoms with Gasteiger partial charge in [0.25, 0.3) is 0 Å². The van der Waals surface area contributed by atoms with Gasteiger partial charge in [0.2, 0.25) is 0 Å². The molecule has 33 heavy (non-hydrogen) atoms. The molecule has 1 saturated heterocycles. The minimum Gasteiger partial charge on any atom is -0.507 e. The monoisotopic (exact) mass is 468 g/mol. The van der Waals surface area contributed by atoms with Gasteiger partial charge in [-0.2, -0.15) is 0 Å². The zero-order chi connectivity index (χ0) is 23.1. The van der Waals surface area contributed by atoms with E-state index in [1.54, 1.807) is 18.5 Å². The summed E-state index contributed by atoms with van der Waals surface area (Å²) < 4.78 is 26.0. The first-order valence-corrected chi connectivity index (χ1v) is 11.2. The second kappa shape index (κ2) is 8.65. The third kappa shape index (κ3) is 3.52. The number of phenolic OH excluding ortho intramolecular Hbond substituents is 1. The summed E-state index contributed by atoms with van der Waals surface area (Å²) in [4.78, 5) is 19.0. The van der Waals surface area contributed by atoms with Crippen LogP contribution in [0.1, 0.15) is 46.8 Å². The fourth-order valence-corrected chi connectivity index (χ4v) is 5.01. The molecule has 1 N–H and O–H groups in total. The molecule has 5 rings (SSSR count). The van der Waals surface area contributed by atoms with Gasteiger partial charge in [-0.15, -0.1) is 0 Å². The summed E-state index contributed by atoms with van der Waals surface area (Å²) in [7, 11) is 1.28. The number of carbonyl (C=O) groups is 1. The molecular formula is C25H22ClFN2O4. The van der Waals surface area contributed by atoms with Crippen LogP contribution in [0.25, 0.3) is 21.7 Å². The second-order valence-electron chi connectivity index (χ2n) is 8.17. The molecule has 2 aromatic heterocycles. The first-order chi connectivity index (χ1) is 16.0. The first-order valence-electron chi connectivity index (χ1n) is 10.8. The molecule has 6 nitrogen and oxygen atoms in total. The van der Waals surface area contributed by atoms with Crippen molar-refractivity contribution in [2.45, 2.75) is 25.3 Å². The van der Waals surface area contributed by atoms with Crippen LogP contribution in [0.5, 0.6) is 5.75 Å². The zero-order valence-corrected chi connectivity index (χ0v) is 18.7. The Balaban J connectivity index is 1.93. The van der Waals surface area contributed by atoms with E-state index in [4.69, 9.17) is 20.8 Å². The van der Waals surface area contributed by atoms with Gasteiger partial charge in [0.1, 0.15) is 23.2 Å². The quantitative estimate of drug-likeness (QED) is 0.379. The average molecular weight is 469 g/mol. The number of nitrogens with zero attached hydrogens (tertiary/aromatic N) is 2. The van der Waals surface area contributed by atoms with Gasteiger partial charge in [-0.1, -0.05) is 18.0 Å². The fraction of sp³-hybridized carbons (Fsp3) is 0.280. The van der Waals surface area contributed by atoms with E-state index in [9.17, 15) is 9.90 Å². The van der Waals surface area contributed by atoms with Gasteiger partial charge in [0, 0.05) is 28.7 Å². The standard InChI is InChI=1S/C25H22ClFN2O4/c1-32-25(31)16-13-33-24-15-5-6-17(26)21(27)19(15)23(30)20(18(16)24)22(14-7-9-28-10-8-14)29-11-3-2-4-12-29/h5-10,13,22,30H,2-4,11-12H2,1H3. The predicted octanol–water partition coefficient (Wildman–Crippen LogP) is 5.84. The highest BCUT2D eigenvalue weighted by atomic mass is 35.5. The minimum atomic E-state index is -0.738. The van der Waals surface area contributed by atoms with Gasteiger partial charge in [-0.25, -0.2) is 9.18 Å². The van der Waals surface area contributed by atoms with Gasteiger partial charge in [0.15, 0.2) is 5.82 Å². The van der Waals surface area contributed by atoms with E-state index in [-0.39, 0.29) is 21.7 Å². The number of benzene rings is 2. The molecule has 1 aliphatic rings. The topological polar surface area (TPSA) is 75.8 Å². The summed E-state index contributed by atoms with van der Waals surface area (Å²) in [5, 5.41) is 12.2. The highest BCUT2D eigenvalue weighted by Gasteiger charge is 2.34. The van der Waals surface area contributed by atoms with Crippen molar-refractivity contribution in [2.24, 2.45) is 0 Å². The molecule has 2 aromatic carbocycles. The lowest BCUT2D eigenvalue weighted by atomic mass is 9.88. The largest absolute Gasteiger partial charge is 0.507 e. The second-order valence-corrected chi connectivity index (χ2v) is 8.58. The number of furan rings is 1. The maximum atomic E-state index is 15.3. The van der Waals surface area contributed by atoms with Crippen LogP contribution in [0.15, 0.2) is 47.3 Å². The van der Waals surface area contributed by atoms with Crippen molar-refractivity contribution in [3.63, 3.8) is 0 Å². The molecular weight excluding hydrogens is 447 g/mol. The minimum absolute atomic E-state index is 0.0353. The van der Waals surface area contributed by atoms with Crippen LogP contribution in [0.3, 0.4) is 0 Å². The van der Waals surface area contributed by atoms with Crippen molar-refractivity contribution < 1.29 is 23.4 Å². The molecule has 0 radical (unpaired) electrons. The highest BCUT2D eigenvalue weighted by Crippen LogP contribution is 2.48. The van der Waals surface area contributed by atoms with Crippen LogP contribution in [-0.2, 0) is 4.74 Å². The molecule has 0 amide bonds. The van der Waals surface area contributed by atoms with E-state index in [0.29, 0.717) is 21.9 Å². The summed E-state index contributed by atoms with van der Waals surface area (Å²) in [5.74, 6) is -1.61. The Hall–Kier alpha value is -3.16. The molecule has 3 heterocycles. The first kappa shape index (κ1) is 21.7. The van der Waals surface area contributed by atoms with Crippen LogP contribution in [0.4, 0.5) is 4.39 Å². The molecule has 1 aliphatic heterocycles. The van der Waals surface area contributed by atoms with Gasteiger partial charge in [0.05, 0.1) is 23.6 Å². The number of piperidine rings is 1. The smallest absolute Gasteiger partial charge is 0.341 e. The highest BCUT2D eigenvalue weighted by molar-refractivity contribution is 6.32. The number of hydrogen-bond acceptors (Lipinski definition) is 6. The third-order valence-electron chi connectivity index (χ3n) is 6.35. The number of rotatable bonds is 4. The van der Waals surface area contributed by atoms with Crippen LogP contribution < -0.4 is 0 Å². The lowest BCUT2D eigenvalue weighted by Crippen LogP contribution is -2.34. The number of ether oxygens (including phenoxy) is 1. The van der Waals surface area contributed by atoms with E-state index < -0.39 is 17.8 Å². The Morgan fingerprint density at radius 2 is 1.91 bits per heavy atom. The number of likely N-dealkylation sites (tertiary alicyclic amines) is 1. The number of methoxy groups -OCH3 is 1. The van der Waals surface area contributed by atoms with E-state index in [0.717, 1.165) is 37.9 Å². The molecule has 1 atom stereocenters. The summed E-state index contributed by atoms with van der Waals surface area (Å²) in [5.41, 5.74) is 1.72. The number of halogens is 2. The van der Waals surface area contributed by atoms with Crippen LogP contribution >= 0.6 is 11.6 Å². The van der Waals surface area contributed by atoms with E-state index in [2.05, 4.69) is 9.88 Å². The molecule has 1 unspecified atom stereocenters. The molecule has 0 aliphatic carbocycles.